The van der Waals surface area contributed by atoms with Gasteiger partial charge in [-0.3, -0.25) is 0 Å². The zero-order chi connectivity index (χ0) is 9.31. The molecule has 1 saturated carbocycles. The summed E-state index contributed by atoms with van der Waals surface area (Å²) in [6, 6.07) is 0. The summed E-state index contributed by atoms with van der Waals surface area (Å²) in [6.07, 6.45) is 3.83. The molecule has 2 aliphatic rings. The van der Waals surface area contributed by atoms with Crippen LogP contribution in [0.4, 0.5) is 0 Å². The molecule has 0 aromatic rings. The number of fused-ring (bicyclic) bond motifs is 1. The summed E-state index contributed by atoms with van der Waals surface area (Å²) in [6.45, 7) is 4.36. The maximum atomic E-state index is 9.46. The van der Waals surface area contributed by atoms with Crippen molar-refractivity contribution in [2.24, 2.45) is 17.1 Å². The first-order valence-corrected chi connectivity index (χ1v) is 5.34. The largest absolute Gasteiger partial charge is 0.396 e. The zero-order valence-corrected chi connectivity index (χ0v) is 8.21. The Bertz CT molecular complexity index is 186. The first-order valence-electron chi connectivity index (χ1n) is 5.34. The minimum Gasteiger partial charge on any atom is -0.396 e. The van der Waals surface area contributed by atoms with Crippen LogP contribution in [-0.2, 0) is 0 Å². The minimum atomic E-state index is 0.245. The molecule has 3 nitrogen and oxygen atoms in total. The van der Waals surface area contributed by atoms with Crippen molar-refractivity contribution in [3.8, 4) is 0 Å². The number of rotatable bonds is 3. The van der Waals surface area contributed by atoms with Gasteiger partial charge < -0.3 is 15.7 Å². The molecule has 1 heterocycles. The second kappa shape index (κ2) is 3.56. The molecule has 3 heteroatoms. The summed E-state index contributed by atoms with van der Waals surface area (Å²) in [4.78, 5) is 2.42. The van der Waals surface area contributed by atoms with Crippen molar-refractivity contribution < 1.29 is 5.11 Å². The Kier molecular flexibility index (Phi) is 2.58. The molecule has 0 bridgehead atoms. The van der Waals surface area contributed by atoms with E-state index in [0.29, 0.717) is 6.61 Å². The zero-order valence-electron chi connectivity index (χ0n) is 8.21. The second-order valence-corrected chi connectivity index (χ2v) is 4.63. The molecule has 1 saturated heterocycles. The Labute approximate surface area is 79.9 Å². The summed E-state index contributed by atoms with van der Waals surface area (Å²) in [5.74, 6) is 0.740. The summed E-state index contributed by atoms with van der Waals surface area (Å²) >= 11 is 0. The van der Waals surface area contributed by atoms with E-state index in [0.717, 1.165) is 32.1 Å². The van der Waals surface area contributed by atoms with Crippen LogP contribution in [-0.4, -0.2) is 42.8 Å². The van der Waals surface area contributed by atoms with Crippen LogP contribution >= 0.6 is 0 Å². The molecule has 0 amide bonds. The monoisotopic (exact) mass is 184 g/mol. The van der Waals surface area contributed by atoms with Gasteiger partial charge in [0.1, 0.15) is 0 Å². The molecule has 0 spiro atoms. The van der Waals surface area contributed by atoms with E-state index >= 15 is 0 Å². The average Bonchev–Trinajstić information content (AvgIpc) is 2.61. The molecule has 13 heavy (non-hydrogen) atoms. The van der Waals surface area contributed by atoms with Gasteiger partial charge in [0.2, 0.25) is 0 Å². The molecule has 76 valence electrons. The van der Waals surface area contributed by atoms with E-state index in [-0.39, 0.29) is 5.41 Å². The lowest BCUT2D eigenvalue weighted by Crippen LogP contribution is -2.32. The summed E-state index contributed by atoms with van der Waals surface area (Å²) in [7, 11) is 0. The van der Waals surface area contributed by atoms with Gasteiger partial charge in [-0.25, -0.2) is 0 Å². The molecular formula is C10H20N2O. The highest BCUT2D eigenvalue weighted by molar-refractivity contribution is 5.00. The maximum absolute atomic E-state index is 9.46. The van der Waals surface area contributed by atoms with Crippen LogP contribution in [0.3, 0.4) is 0 Å². The normalized spacial score (nSPS) is 39.7. The Morgan fingerprint density at radius 3 is 3.00 bits per heavy atom. The topological polar surface area (TPSA) is 49.5 Å². The molecule has 3 N–H and O–H groups in total. The molecule has 0 unspecified atom stereocenters. The summed E-state index contributed by atoms with van der Waals surface area (Å²) in [5.41, 5.74) is 5.78. The number of aliphatic hydroxyl groups is 1. The van der Waals surface area contributed by atoms with Gasteiger partial charge >= 0.3 is 0 Å². The first-order chi connectivity index (χ1) is 6.30. The third-order valence-corrected chi connectivity index (χ3v) is 3.87. The van der Waals surface area contributed by atoms with Gasteiger partial charge in [0.05, 0.1) is 6.61 Å². The van der Waals surface area contributed by atoms with Gasteiger partial charge in [-0.2, -0.15) is 0 Å². The Morgan fingerprint density at radius 2 is 2.38 bits per heavy atom. The van der Waals surface area contributed by atoms with Crippen LogP contribution < -0.4 is 5.73 Å². The molecule has 1 aliphatic heterocycles. The molecule has 1 aliphatic carbocycles. The van der Waals surface area contributed by atoms with Crippen molar-refractivity contribution in [2.45, 2.75) is 19.3 Å². The first kappa shape index (κ1) is 9.44. The average molecular weight is 184 g/mol. The molecule has 2 atom stereocenters. The Hall–Kier alpha value is -0.120. The predicted octanol–water partition coefficient (Wildman–Crippen LogP) is 0.0395. The van der Waals surface area contributed by atoms with E-state index in [1.165, 1.54) is 19.3 Å². The highest BCUT2D eigenvalue weighted by Crippen LogP contribution is 2.47. The van der Waals surface area contributed by atoms with Crippen molar-refractivity contribution in [3.05, 3.63) is 0 Å². The standard InChI is InChI=1S/C10H20N2O/c11-4-5-12-6-9-2-1-3-10(9,7-12)8-13/h9,13H,1-8,11H2/t9-,10-/m0/s1. The van der Waals surface area contributed by atoms with Crippen molar-refractivity contribution in [3.63, 3.8) is 0 Å². The van der Waals surface area contributed by atoms with Crippen molar-refractivity contribution >= 4 is 0 Å². The van der Waals surface area contributed by atoms with Gasteiger partial charge in [0.15, 0.2) is 0 Å². The molecule has 0 radical (unpaired) electrons. The van der Waals surface area contributed by atoms with E-state index in [4.69, 9.17) is 5.73 Å². The fourth-order valence-electron chi connectivity index (χ4n) is 3.14. The summed E-state index contributed by atoms with van der Waals surface area (Å²) in [5, 5.41) is 9.46. The Balaban J connectivity index is 2.00. The fourth-order valence-corrected chi connectivity index (χ4v) is 3.14. The smallest absolute Gasteiger partial charge is 0.0502 e. The number of nitrogens with two attached hydrogens (primary N) is 1. The lowest BCUT2D eigenvalue weighted by atomic mass is 9.82. The van der Waals surface area contributed by atoms with Crippen LogP contribution in [0, 0.1) is 11.3 Å². The van der Waals surface area contributed by atoms with Crippen molar-refractivity contribution in [1.82, 2.24) is 4.90 Å². The highest BCUT2D eigenvalue weighted by atomic mass is 16.3. The molecule has 2 fully saturated rings. The van der Waals surface area contributed by atoms with Crippen molar-refractivity contribution in [2.75, 3.05) is 32.8 Å². The van der Waals surface area contributed by atoms with E-state index < -0.39 is 0 Å². The molecule has 2 rings (SSSR count). The SMILES string of the molecule is NCCN1C[C@@H]2CCC[C@@]2(CO)C1. The van der Waals surface area contributed by atoms with E-state index in [1.54, 1.807) is 0 Å². The van der Waals surface area contributed by atoms with Crippen LogP contribution in [0.15, 0.2) is 0 Å². The van der Waals surface area contributed by atoms with Gasteiger partial charge in [0.25, 0.3) is 0 Å². The van der Waals surface area contributed by atoms with Gasteiger partial charge in [-0.1, -0.05) is 6.42 Å². The quantitative estimate of drug-likeness (QED) is 0.651. The molecule has 0 aromatic carbocycles. The number of nitrogens with zero attached hydrogens (tertiary/aromatic N) is 1. The van der Waals surface area contributed by atoms with E-state index in [2.05, 4.69) is 4.90 Å². The number of aliphatic hydroxyl groups excluding tert-OH is 1. The van der Waals surface area contributed by atoms with E-state index in [1.807, 2.05) is 0 Å². The van der Waals surface area contributed by atoms with Crippen LogP contribution in [0.5, 0.6) is 0 Å². The van der Waals surface area contributed by atoms with Crippen molar-refractivity contribution in [1.29, 1.82) is 0 Å². The molecule has 0 aromatic heterocycles. The Morgan fingerprint density at radius 1 is 1.54 bits per heavy atom. The summed E-state index contributed by atoms with van der Waals surface area (Å²) < 4.78 is 0. The fraction of sp³-hybridized carbons (Fsp3) is 1.00. The number of hydrogen-bond donors (Lipinski definition) is 2. The number of hydrogen-bond acceptors (Lipinski definition) is 3. The van der Waals surface area contributed by atoms with Crippen LogP contribution in [0.25, 0.3) is 0 Å². The van der Waals surface area contributed by atoms with Gasteiger partial charge in [-0.05, 0) is 18.8 Å². The lowest BCUT2D eigenvalue weighted by molar-refractivity contribution is 0.112. The lowest BCUT2D eigenvalue weighted by Gasteiger charge is -2.26. The minimum absolute atomic E-state index is 0.245. The third-order valence-electron chi connectivity index (χ3n) is 3.87. The maximum Gasteiger partial charge on any atom is 0.0502 e. The van der Waals surface area contributed by atoms with Gasteiger partial charge in [0, 0.05) is 31.6 Å². The van der Waals surface area contributed by atoms with Gasteiger partial charge in [-0.15, -0.1) is 0 Å². The van der Waals surface area contributed by atoms with Crippen LogP contribution in [0.2, 0.25) is 0 Å². The predicted molar refractivity (Wildman–Crippen MR) is 52.4 cm³/mol. The van der Waals surface area contributed by atoms with E-state index in [9.17, 15) is 5.11 Å². The van der Waals surface area contributed by atoms with Crippen LogP contribution in [0.1, 0.15) is 19.3 Å². The molecular weight excluding hydrogens is 164 g/mol. The third kappa shape index (κ3) is 1.49. The highest BCUT2D eigenvalue weighted by Gasteiger charge is 2.48. The number of likely N-dealkylation sites (tertiary alicyclic amines) is 1. The second-order valence-electron chi connectivity index (χ2n) is 4.63.